The van der Waals surface area contributed by atoms with Gasteiger partial charge in [0.2, 0.25) is 5.91 Å². The highest BCUT2D eigenvalue weighted by Crippen LogP contribution is 2.32. The van der Waals surface area contributed by atoms with E-state index < -0.39 is 0 Å². The number of nitrogens with zero attached hydrogens (tertiary/aromatic N) is 3. The molecule has 1 aromatic rings. The molecule has 3 rings (SSSR count). The quantitative estimate of drug-likeness (QED) is 0.845. The van der Waals surface area contributed by atoms with Crippen molar-refractivity contribution < 1.29 is 9.53 Å². The fourth-order valence-corrected chi connectivity index (χ4v) is 2.72. The molecule has 1 saturated carbocycles. The minimum atomic E-state index is 0.0210. The van der Waals surface area contributed by atoms with Gasteiger partial charge in [-0.15, -0.1) is 0 Å². The number of aromatic nitrogens is 2. The summed E-state index contributed by atoms with van der Waals surface area (Å²) in [6.45, 7) is 5.41. The Morgan fingerprint density at radius 3 is 2.60 bits per heavy atom. The van der Waals surface area contributed by atoms with E-state index in [1.807, 2.05) is 24.8 Å². The molecule has 2 fully saturated rings. The van der Waals surface area contributed by atoms with Gasteiger partial charge in [-0.1, -0.05) is 0 Å². The molecule has 1 saturated heterocycles. The Kier molecular flexibility index (Phi) is 3.59. The molecule has 20 heavy (non-hydrogen) atoms. The standard InChI is InChI=1S/C15H21N3O2/c1-10-8-11(2)17-15(16-10)20-13-4-3-7-18(9-13)14(19)12-5-6-12/h8,12-13H,3-7,9H2,1-2H3/t13-/m0/s1. The lowest BCUT2D eigenvalue weighted by molar-refractivity contribution is -0.135. The smallest absolute Gasteiger partial charge is 0.317 e. The van der Waals surface area contributed by atoms with Gasteiger partial charge in [0.25, 0.3) is 0 Å². The lowest BCUT2D eigenvalue weighted by atomic mass is 10.1. The van der Waals surface area contributed by atoms with E-state index in [1.54, 1.807) is 0 Å². The van der Waals surface area contributed by atoms with Crippen molar-refractivity contribution in [2.45, 2.75) is 45.6 Å². The van der Waals surface area contributed by atoms with Crippen molar-refractivity contribution in [3.05, 3.63) is 17.5 Å². The monoisotopic (exact) mass is 275 g/mol. The van der Waals surface area contributed by atoms with E-state index in [1.165, 1.54) is 0 Å². The van der Waals surface area contributed by atoms with Crippen LogP contribution in [0.5, 0.6) is 6.01 Å². The molecule has 1 amide bonds. The topological polar surface area (TPSA) is 55.3 Å². The highest BCUT2D eigenvalue weighted by molar-refractivity contribution is 5.81. The van der Waals surface area contributed by atoms with Crippen LogP contribution in [0.25, 0.3) is 0 Å². The number of hydrogen-bond donors (Lipinski definition) is 0. The summed E-state index contributed by atoms with van der Waals surface area (Å²) in [5.74, 6) is 0.589. The highest BCUT2D eigenvalue weighted by atomic mass is 16.5. The molecular weight excluding hydrogens is 254 g/mol. The SMILES string of the molecule is Cc1cc(C)nc(O[C@H]2CCCN(C(=O)C3CC3)C2)n1. The minimum absolute atomic E-state index is 0.0210. The Morgan fingerprint density at radius 1 is 1.25 bits per heavy atom. The van der Waals surface area contributed by atoms with Crippen LogP contribution in [-0.4, -0.2) is 40.0 Å². The zero-order valence-corrected chi connectivity index (χ0v) is 12.1. The molecule has 2 aliphatic rings. The fourth-order valence-electron chi connectivity index (χ4n) is 2.72. The molecule has 1 aliphatic heterocycles. The van der Waals surface area contributed by atoms with E-state index in [4.69, 9.17) is 4.74 Å². The van der Waals surface area contributed by atoms with Crippen LogP contribution in [0.2, 0.25) is 0 Å². The third kappa shape index (κ3) is 3.08. The molecule has 1 aromatic heterocycles. The molecule has 2 heterocycles. The molecule has 5 heteroatoms. The maximum atomic E-state index is 12.1. The summed E-state index contributed by atoms with van der Waals surface area (Å²) in [5, 5.41) is 0. The van der Waals surface area contributed by atoms with Crippen LogP contribution in [0, 0.1) is 19.8 Å². The van der Waals surface area contributed by atoms with Crippen molar-refractivity contribution in [1.29, 1.82) is 0 Å². The van der Waals surface area contributed by atoms with Crippen LogP contribution >= 0.6 is 0 Å². The number of carbonyl (C=O) groups excluding carboxylic acids is 1. The van der Waals surface area contributed by atoms with Crippen molar-refractivity contribution in [3.8, 4) is 6.01 Å². The fraction of sp³-hybridized carbons (Fsp3) is 0.667. The van der Waals surface area contributed by atoms with E-state index in [-0.39, 0.29) is 12.0 Å². The van der Waals surface area contributed by atoms with Crippen LogP contribution in [0.1, 0.15) is 37.1 Å². The van der Waals surface area contributed by atoms with Crippen LogP contribution in [0.3, 0.4) is 0 Å². The van der Waals surface area contributed by atoms with Gasteiger partial charge in [-0.05, 0) is 45.6 Å². The Hall–Kier alpha value is -1.65. The summed E-state index contributed by atoms with van der Waals surface area (Å²) in [7, 11) is 0. The van der Waals surface area contributed by atoms with Crippen molar-refractivity contribution in [3.63, 3.8) is 0 Å². The number of likely N-dealkylation sites (tertiary alicyclic amines) is 1. The number of piperidine rings is 1. The lowest BCUT2D eigenvalue weighted by Crippen LogP contribution is -2.45. The first-order valence-corrected chi connectivity index (χ1v) is 7.39. The van der Waals surface area contributed by atoms with Gasteiger partial charge in [0.1, 0.15) is 6.10 Å². The Labute approximate surface area is 119 Å². The van der Waals surface area contributed by atoms with Gasteiger partial charge in [-0.2, -0.15) is 0 Å². The molecule has 1 atom stereocenters. The minimum Gasteiger partial charge on any atom is -0.458 e. The van der Waals surface area contributed by atoms with Gasteiger partial charge in [-0.3, -0.25) is 4.79 Å². The largest absolute Gasteiger partial charge is 0.458 e. The second-order valence-corrected chi connectivity index (χ2v) is 5.87. The third-order valence-electron chi connectivity index (χ3n) is 3.85. The lowest BCUT2D eigenvalue weighted by Gasteiger charge is -2.32. The number of carbonyl (C=O) groups is 1. The summed E-state index contributed by atoms with van der Waals surface area (Å²) in [4.78, 5) is 22.7. The van der Waals surface area contributed by atoms with Gasteiger partial charge in [0, 0.05) is 23.9 Å². The van der Waals surface area contributed by atoms with Crippen molar-refractivity contribution in [2.24, 2.45) is 5.92 Å². The van der Waals surface area contributed by atoms with E-state index in [0.717, 1.165) is 43.6 Å². The number of rotatable bonds is 3. The van der Waals surface area contributed by atoms with Crippen molar-refractivity contribution in [2.75, 3.05) is 13.1 Å². The summed E-state index contributed by atoms with van der Waals surface area (Å²) in [6.07, 6.45) is 4.09. The summed E-state index contributed by atoms with van der Waals surface area (Å²) in [5.41, 5.74) is 1.82. The van der Waals surface area contributed by atoms with E-state index in [0.29, 0.717) is 18.5 Å². The van der Waals surface area contributed by atoms with Crippen LogP contribution < -0.4 is 4.74 Å². The van der Waals surface area contributed by atoms with Crippen LogP contribution in [0.15, 0.2) is 6.07 Å². The molecule has 0 radical (unpaired) electrons. The van der Waals surface area contributed by atoms with Crippen LogP contribution in [0.4, 0.5) is 0 Å². The van der Waals surface area contributed by atoms with Gasteiger partial charge >= 0.3 is 6.01 Å². The first-order chi connectivity index (χ1) is 9.61. The molecule has 0 unspecified atom stereocenters. The van der Waals surface area contributed by atoms with Crippen molar-refractivity contribution >= 4 is 5.91 Å². The van der Waals surface area contributed by atoms with E-state index in [9.17, 15) is 4.79 Å². The van der Waals surface area contributed by atoms with Gasteiger partial charge in [0.15, 0.2) is 0 Å². The van der Waals surface area contributed by atoms with Crippen molar-refractivity contribution in [1.82, 2.24) is 14.9 Å². The molecule has 0 aromatic carbocycles. The third-order valence-corrected chi connectivity index (χ3v) is 3.85. The maximum Gasteiger partial charge on any atom is 0.317 e. The average molecular weight is 275 g/mol. The summed E-state index contributed by atoms with van der Waals surface area (Å²) >= 11 is 0. The second kappa shape index (κ2) is 5.38. The molecule has 108 valence electrons. The molecule has 5 nitrogen and oxygen atoms in total. The predicted octanol–water partition coefficient (Wildman–Crippen LogP) is 1.87. The Balaban J connectivity index is 1.63. The number of aryl methyl sites for hydroxylation is 2. The first-order valence-electron chi connectivity index (χ1n) is 7.39. The molecular formula is C15H21N3O2. The van der Waals surface area contributed by atoms with Gasteiger partial charge in [-0.25, -0.2) is 9.97 Å². The maximum absolute atomic E-state index is 12.1. The van der Waals surface area contributed by atoms with E-state index in [2.05, 4.69) is 9.97 Å². The molecule has 1 aliphatic carbocycles. The van der Waals surface area contributed by atoms with Crippen LogP contribution in [-0.2, 0) is 4.79 Å². The number of amides is 1. The molecule has 0 spiro atoms. The highest BCUT2D eigenvalue weighted by Gasteiger charge is 2.35. The number of ether oxygens (including phenoxy) is 1. The summed E-state index contributed by atoms with van der Waals surface area (Å²) < 4.78 is 5.88. The zero-order valence-electron chi connectivity index (χ0n) is 12.1. The number of hydrogen-bond acceptors (Lipinski definition) is 4. The van der Waals surface area contributed by atoms with E-state index >= 15 is 0 Å². The second-order valence-electron chi connectivity index (χ2n) is 5.87. The predicted molar refractivity (Wildman–Crippen MR) is 74.5 cm³/mol. The Morgan fingerprint density at radius 2 is 1.95 bits per heavy atom. The Bertz CT molecular complexity index is 494. The first kappa shape index (κ1) is 13.3. The summed E-state index contributed by atoms with van der Waals surface area (Å²) in [6, 6.07) is 2.37. The normalized spacial score (nSPS) is 22.7. The van der Waals surface area contributed by atoms with Gasteiger partial charge in [0.05, 0.1) is 6.54 Å². The molecule has 0 bridgehead atoms. The van der Waals surface area contributed by atoms with Gasteiger partial charge < -0.3 is 9.64 Å². The average Bonchev–Trinajstić information content (AvgIpc) is 3.21. The zero-order chi connectivity index (χ0) is 14.1. The molecule has 0 N–H and O–H groups in total.